The largest absolute Gasteiger partial charge is 0.388 e. The highest BCUT2D eigenvalue weighted by molar-refractivity contribution is 5.64. The number of hydrogen-bond donors (Lipinski definition) is 1. The van der Waals surface area contributed by atoms with Crippen molar-refractivity contribution in [2.24, 2.45) is 0 Å². The normalized spacial score (nSPS) is 10.1. The van der Waals surface area contributed by atoms with Gasteiger partial charge >= 0.3 is 0 Å². The molecule has 5 nitrogen and oxygen atoms in total. The van der Waals surface area contributed by atoms with E-state index in [2.05, 4.69) is 12.2 Å². The minimum Gasteiger partial charge on any atom is -0.388 e. The first-order chi connectivity index (χ1) is 8.08. The Morgan fingerprint density at radius 1 is 1.41 bits per heavy atom. The molecule has 0 amide bonds. The third-order valence-corrected chi connectivity index (χ3v) is 2.69. The third-order valence-electron chi connectivity index (χ3n) is 2.69. The molecule has 0 atom stereocenters. The summed E-state index contributed by atoms with van der Waals surface area (Å²) in [6.07, 6.45) is 2.19. The van der Waals surface area contributed by atoms with E-state index in [1.165, 1.54) is 6.07 Å². The molecule has 0 heterocycles. The Hall–Kier alpha value is -1.78. The van der Waals surface area contributed by atoms with Gasteiger partial charge in [0.1, 0.15) is 0 Å². The van der Waals surface area contributed by atoms with Crippen molar-refractivity contribution < 1.29 is 4.92 Å². The lowest BCUT2D eigenvalue weighted by atomic mass is 10.2. The van der Waals surface area contributed by atoms with Crippen LogP contribution in [0.2, 0.25) is 0 Å². The second-order valence-corrected chi connectivity index (χ2v) is 4.02. The molecule has 0 unspecified atom stereocenters. The molecule has 0 aliphatic heterocycles. The first-order valence-corrected chi connectivity index (χ1v) is 5.76. The average molecular weight is 237 g/mol. The zero-order valence-electron chi connectivity index (χ0n) is 10.6. The topological polar surface area (TPSA) is 58.4 Å². The van der Waals surface area contributed by atoms with Crippen LogP contribution in [0.25, 0.3) is 0 Å². The van der Waals surface area contributed by atoms with Crippen molar-refractivity contribution in [2.75, 3.05) is 30.9 Å². The van der Waals surface area contributed by atoms with Gasteiger partial charge in [0.2, 0.25) is 0 Å². The summed E-state index contributed by atoms with van der Waals surface area (Å²) in [6, 6.07) is 5.07. The van der Waals surface area contributed by atoms with Gasteiger partial charge in [-0.3, -0.25) is 10.1 Å². The second-order valence-electron chi connectivity index (χ2n) is 4.02. The van der Waals surface area contributed by atoms with Gasteiger partial charge in [-0.15, -0.1) is 0 Å². The lowest BCUT2D eigenvalue weighted by Crippen LogP contribution is -2.18. The van der Waals surface area contributed by atoms with E-state index in [0.29, 0.717) is 0 Å². The molecule has 1 aromatic rings. The van der Waals surface area contributed by atoms with E-state index >= 15 is 0 Å². The number of nitrogens with one attached hydrogen (secondary N) is 1. The molecule has 0 bridgehead atoms. The molecular formula is C12H19N3O2. The fourth-order valence-corrected chi connectivity index (χ4v) is 1.59. The maximum absolute atomic E-state index is 10.8. The van der Waals surface area contributed by atoms with Crippen molar-refractivity contribution >= 4 is 17.1 Å². The molecule has 0 radical (unpaired) electrons. The zero-order chi connectivity index (χ0) is 12.8. The predicted octanol–water partition coefficient (Wildman–Crippen LogP) is 2.87. The van der Waals surface area contributed by atoms with Crippen LogP contribution in [-0.2, 0) is 0 Å². The Balaban J connectivity index is 2.97. The maximum atomic E-state index is 10.8. The van der Waals surface area contributed by atoms with Gasteiger partial charge in [0, 0.05) is 44.1 Å². The lowest BCUT2D eigenvalue weighted by molar-refractivity contribution is -0.384. The van der Waals surface area contributed by atoms with Crippen molar-refractivity contribution in [3.8, 4) is 0 Å². The third kappa shape index (κ3) is 3.62. The number of non-ortho nitro benzene ring substituents is 1. The molecule has 17 heavy (non-hydrogen) atoms. The highest BCUT2D eigenvalue weighted by atomic mass is 16.6. The Morgan fingerprint density at radius 3 is 2.65 bits per heavy atom. The minimum atomic E-state index is -0.363. The smallest absolute Gasteiger partial charge is 0.273 e. The summed E-state index contributed by atoms with van der Waals surface area (Å²) < 4.78 is 0. The SMILES string of the molecule is CCCCN(C)c1cc(NC)cc([N+](=O)[O-])c1. The maximum Gasteiger partial charge on any atom is 0.273 e. The van der Waals surface area contributed by atoms with Crippen LogP contribution in [0.5, 0.6) is 0 Å². The molecule has 1 aromatic carbocycles. The van der Waals surface area contributed by atoms with E-state index in [0.717, 1.165) is 30.8 Å². The molecule has 0 aromatic heterocycles. The number of nitro benzene ring substituents is 1. The van der Waals surface area contributed by atoms with Crippen molar-refractivity contribution in [3.05, 3.63) is 28.3 Å². The van der Waals surface area contributed by atoms with Crippen molar-refractivity contribution in [2.45, 2.75) is 19.8 Å². The van der Waals surface area contributed by atoms with Crippen LogP contribution >= 0.6 is 0 Å². The van der Waals surface area contributed by atoms with Crippen LogP contribution in [0.4, 0.5) is 17.1 Å². The summed E-state index contributed by atoms with van der Waals surface area (Å²) in [6.45, 7) is 3.03. The molecule has 0 fully saturated rings. The van der Waals surface area contributed by atoms with Crippen LogP contribution in [0.1, 0.15) is 19.8 Å². The van der Waals surface area contributed by atoms with Gasteiger partial charge < -0.3 is 10.2 Å². The molecule has 5 heteroatoms. The van der Waals surface area contributed by atoms with Crippen LogP contribution < -0.4 is 10.2 Å². The number of unbranched alkanes of at least 4 members (excludes halogenated alkanes) is 1. The molecule has 0 aliphatic carbocycles. The molecule has 1 N–H and O–H groups in total. The fraction of sp³-hybridized carbons (Fsp3) is 0.500. The number of hydrogen-bond acceptors (Lipinski definition) is 4. The Bertz CT molecular complexity index is 393. The van der Waals surface area contributed by atoms with Gasteiger partial charge in [-0.1, -0.05) is 13.3 Å². The van der Waals surface area contributed by atoms with E-state index in [9.17, 15) is 10.1 Å². The Labute approximate surface area is 102 Å². The van der Waals surface area contributed by atoms with Crippen molar-refractivity contribution in [1.82, 2.24) is 0 Å². The fourth-order valence-electron chi connectivity index (χ4n) is 1.59. The van der Waals surface area contributed by atoms with Crippen molar-refractivity contribution in [1.29, 1.82) is 0 Å². The van der Waals surface area contributed by atoms with Crippen LogP contribution in [-0.4, -0.2) is 25.6 Å². The van der Waals surface area contributed by atoms with Crippen LogP contribution in [0.15, 0.2) is 18.2 Å². The van der Waals surface area contributed by atoms with E-state index < -0.39 is 0 Å². The first-order valence-electron chi connectivity index (χ1n) is 5.76. The van der Waals surface area contributed by atoms with Gasteiger partial charge in [-0.25, -0.2) is 0 Å². The van der Waals surface area contributed by atoms with E-state index in [1.807, 2.05) is 18.0 Å². The molecule has 0 aliphatic rings. The molecule has 0 saturated heterocycles. The van der Waals surface area contributed by atoms with E-state index in [4.69, 9.17) is 0 Å². The molecular weight excluding hydrogens is 218 g/mol. The summed E-state index contributed by atoms with van der Waals surface area (Å²) in [5.74, 6) is 0. The zero-order valence-corrected chi connectivity index (χ0v) is 10.6. The summed E-state index contributed by atoms with van der Waals surface area (Å²) in [4.78, 5) is 12.5. The van der Waals surface area contributed by atoms with Gasteiger partial charge in [0.05, 0.1) is 4.92 Å². The molecule has 94 valence electrons. The number of nitrogens with zero attached hydrogens (tertiary/aromatic N) is 2. The number of benzene rings is 1. The van der Waals surface area contributed by atoms with E-state index in [-0.39, 0.29) is 10.6 Å². The average Bonchev–Trinajstić information content (AvgIpc) is 2.35. The minimum absolute atomic E-state index is 0.121. The highest BCUT2D eigenvalue weighted by Crippen LogP contribution is 2.26. The quantitative estimate of drug-likeness (QED) is 0.610. The van der Waals surface area contributed by atoms with Gasteiger partial charge in [0.15, 0.2) is 0 Å². The second kappa shape index (κ2) is 6.08. The standard InChI is InChI=1S/C12H19N3O2/c1-4-5-6-14(3)11-7-10(13-2)8-12(9-11)15(16)17/h7-9,13H,4-6H2,1-3H3. The number of anilines is 2. The summed E-state index contributed by atoms with van der Waals surface area (Å²) >= 11 is 0. The van der Waals surface area contributed by atoms with Gasteiger partial charge in [0.25, 0.3) is 5.69 Å². The Morgan fingerprint density at radius 2 is 2.12 bits per heavy atom. The summed E-state index contributed by atoms with van der Waals surface area (Å²) in [5, 5.41) is 13.8. The monoisotopic (exact) mass is 237 g/mol. The molecule has 0 saturated carbocycles. The first kappa shape index (κ1) is 13.3. The van der Waals surface area contributed by atoms with Crippen LogP contribution in [0, 0.1) is 10.1 Å². The van der Waals surface area contributed by atoms with Crippen molar-refractivity contribution in [3.63, 3.8) is 0 Å². The van der Waals surface area contributed by atoms with Gasteiger partial charge in [-0.05, 0) is 12.5 Å². The van der Waals surface area contributed by atoms with Crippen LogP contribution in [0.3, 0.4) is 0 Å². The number of nitro groups is 1. The lowest BCUT2D eigenvalue weighted by Gasteiger charge is -2.19. The predicted molar refractivity (Wildman–Crippen MR) is 70.8 cm³/mol. The summed E-state index contributed by atoms with van der Waals surface area (Å²) in [7, 11) is 3.71. The summed E-state index contributed by atoms with van der Waals surface area (Å²) in [5.41, 5.74) is 1.75. The highest BCUT2D eigenvalue weighted by Gasteiger charge is 2.11. The molecule has 1 rings (SSSR count). The number of rotatable bonds is 6. The van der Waals surface area contributed by atoms with Gasteiger partial charge in [-0.2, -0.15) is 0 Å². The Kier molecular flexibility index (Phi) is 4.75. The molecule has 0 spiro atoms. The van der Waals surface area contributed by atoms with E-state index in [1.54, 1.807) is 13.1 Å².